The Morgan fingerprint density at radius 1 is 1.36 bits per heavy atom. The SMILES string of the molecule is O=C(Nc1ccc(F)cc1Cl)C1CCCN1c1ncnc2sccc12. The van der Waals surface area contributed by atoms with E-state index in [0.717, 1.165) is 35.4 Å². The van der Waals surface area contributed by atoms with Crippen LogP contribution in [0, 0.1) is 5.82 Å². The highest BCUT2D eigenvalue weighted by molar-refractivity contribution is 7.16. The van der Waals surface area contributed by atoms with Crippen LogP contribution in [0.3, 0.4) is 0 Å². The molecular formula is C17H14ClFN4OS. The fourth-order valence-electron chi connectivity index (χ4n) is 3.11. The normalized spacial score (nSPS) is 17.2. The molecule has 3 aromatic rings. The minimum Gasteiger partial charge on any atom is -0.344 e. The Kier molecular flexibility index (Phi) is 4.27. The highest BCUT2D eigenvalue weighted by atomic mass is 35.5. The molecule has 0 bridgehead atoms. The zero-order valence-electron chi connectivity index (χ0n) is 13.1. The number of aromatic nitrogens is 2. The molecule has 0 radical (unpaired) electrons. The van der Waals surface area contributed by atoms with E-state index < -0.39 is 5.82 Å². The number of nitrogens with one attached hydrogen (secondary N) is 1. The Labute approximate surface area is 152 Å². The smallest absolute Gasteiger partial charge is 0.247 e. The van der Waals surface area contributed by atoms with Crippen molar-refractivity contribution in [1.29, 1.82) is 0 Å². The Bertz CT molecular complexity index is 947. The number of nitrogens with zero attached hydrogens (tertiary/aromatic N) is 3. The summed E-state index contributed by atoms with van der Waals surface area (Å²) in [6.07, 6.45) is 3.14. The van der Waals surface area contributed by atoms with Crippen LogP contribution in [0.15, 0.2) is 36.0 Å². The second kappa shape index (κ2) is 6.57. The molecular weight excluding hydrogens is 363 g/mol. The van der Waals surface area contributed by atoms with Crippen molar-refractivity contribution in [2.45, 2.75) is 18.9 Å². The zero-order valence-corrected chi connectivity index (χ0v) is 14.6. The lowest BCUT2D eigenvalue weighted by Gasteiger charge is -2.25. The molecule has 25 heavy (non-hydrogen) atoms. The van der Waals surface area contributed by atoms with E-state index in [1.165, 1.54) is 24.5 Å². The van der Waals surface area contributed by atoms with E-state index in [4.69, 9.17) is 11.6 Å². The van der Waals surface area contributed by atoms with Gasteiger partial charge in [0.25, 0.3) is 0 Å². The summed E-state index contributed by atoms with van der Waals surface area (Å²) in [5, 5.41) is 5.90. The van der Waals surface area contributed by atoms with Crippen LogP contribution in [0.25, 0.3) is 10.2 Å². The van der Waals surface area contributed by atoms with Crippen molar-refractivity contribution in [3.05, 3.63) is 46.8 Å². The summed E-state index contributed by atoms with van der Waals surface area (Å²) in [5.41, 5.74) is 0.406. The lowest BCUT2D eigenvalue weighted by atomic mass is 10.2. The van der Waals surface area contributed by atoms with Crippen molar-refractivity contribution in [3.63, 3.8) is 0 Å². The van der Waals surface area contributed by atoms with Crippen molar-refractivity contribution < 1.29 is 9.18 Å². The van der Waals surface area contributed by atoms with Crippen LogP contribution >= 0.6 is 22.9 Å². The van der Waals surface area contributed by atoms with Crippen LogP contribution in [0.5, 0.6) is 0 Å². The number of carbonyl (C=O) groups is 1. The van der Waals surface area contributed by atoms with E-state index in [-0.39, 0.29) is 17.0 Å². The van der Waals surface area contributed by atoms with E-state index in [2.05, 4.69) is 15.3 Å². The number of hydrogen-bond acceptors (Lipinski definition) is 5. The van der Waals surface area contributed by atoms with Crippen molar-refractivity contribution in [1.82, 2.24) is 9.97 Å². The summed E-state index contributed by atoms with van der Waals surface area (Å²) in [7, 11) is 0. The average Bonchev–Trinajstić information content (AvgIpc) is 3.25. The molecule has 1 aromatic carbocycles. The molecule has 1 aliphatic heterocycles. The second-order valence-corrected chi connectivity index (χ2v) is 7.10. The van der Waals surface area contributed by atoms with Crippen molar-refractivity contribution in [2.24, 2.45) is 0 Å². The van der Waals surface area contributed by atoms with Crippen molar-refractivity contribution in [3.8, 4) is 0 Å². The second-order valence-electron chi connectivity index (χ2n) is 5.80. The fourth-order valence-corrected chi connectivity index (χ4v) is 4.05. The topological polar surface area (TPSA) is 58.1 Å². The number of amides is 1. The number of carbonyl (C=O) groups excluding carboxylic acids is 1. The van der Waals surface area contributed by atoms with Gasteiger partial charge in [-0.1, -0.05) is 11.6 Å². The summed E-state index contributed by atoms with van der Waals surface area (Å²) >= 11 is 7.55. The first-order chi connectivity index (χ1) is 12.1. The molecule has 5 nitrogen and oxygen atoms in total. The van der Waals surface area contributed by atoms with Crippen molar-refractivity contribution >= 4 is 50.6 Å². The first kappa shape index (κ1) is 16.2. The zero-order chi connectivity index (χ0) is 17.4. The molecule has 2 aromatic heterocycles. The highest BCUT2D eigenvalue weighted by Crippen LogP contribution is 2.32. The monoisotopic (exact) mass is 376 g/mol. The molecule has 1 saturated heterocycles. The quantitative estimate of drug-likeness (QED) is 0.748. The molecule has 1 fully saturated rings. The highest BCUT2D eigenvalue weighted by Gasteiger charge is 2.33. The van der Waals surface area contributed by atoms with E-state index in [0.29, 0.717) is 5.69 Å². The fraction of sp³-hybridized carbons (Fsp3) is 0.235. The van der Waals surface area contributed by atoms with E-state index in [1.807, 2.05) is 16.3 Å². The number of anilines is 2. The van der Waals surface area contributed by atoms with Gasteiger partial charge in [0.15, 0.2) is 0 Å². The van der Waals surface area contributed by atoms with Gasteiger partial charge in [0.1, 0.15) is 28.8 Å². The van der Waals surface area contributed by atoms with Gasteiger partial charge in [-0.3, -0.25) is 4.79 Å². The lowest BCUT2D eigenvalue weighted by molar-refractivity contribution is -0.117. The molecule has 1 amide bonds. The molecule has 0 saturated carbocycles. The Hall–Kier alpha value is -2.25. The molecule has 4 rings (SSSR count). The molecule has 0 aliphatic carbocycles. The van der Waals surface area contributed by atoms with Gasteiger partial charge in [0.2, 0.25) is 5.91 Å². The van der Waals surface area contributed by atoms with E-state index >= 15 is 0 Å². The third kappa shape index (κ3) is 3.05. The van der Waals surface area contributed by atoms with Gasteiger partial charge in [-0.05, 0) is 42.5 Å². The largest absolute Gasteiger partial charge is 0.344 e. The first-order valence-corrected chi connectivity index (χ1v) is 9.10. The predicted octanol–water partition coefficient (Wildman–Crippen LogP) is 4.09. The minimum atomic E-state index is -0.439. The number of benzene rings is 1. The maximum absolute atomic E-state index is 13.2. The van der Waals surface area contributed by atoms with Crippen LogP contribution in [-0.4, -0.2) is 28.5 Å². The van der Waals surface area contributed by atoms with Gasteiger partial charge in [0.05, 0.1) is 16.1 Å². The minimum absolute atomic E-state index is 0.173. The number of halogens is 2. The maximum Gasteiger partial charge on any atom is 0.247 e. The number of fused-ring (bicyclic) bond motifs is 1. The molecule has 0 spiro atoms. The van der Waals surface area contributed by atoms with Gasteiger partial charge in [0, 0.05) is 6.54 Å². The van der Waals surface area contributed by atoms with Gasteiger partial charge >= 0.3 is 0 Å². The standard InChI is InChI=1S/C17H14ClFN4OS/c18-12-8-10(19)3-4-13(12)22-16(24)14-2-1-6-23(14)15-11-5-7-25-17(11)21-9-20-15/h3-5,7-9,14H,1-2,6H2,(H,22,24). The Morgan fingerprint density at radius 3 is 3.08 bits per heavy atom. The lowest BCUT2D eigenvalue weighted by Crippen LogP contribution is -2.40. The number of thiophene rings is 1. The van der Waals surface area contributed by atoms with Gasteiger partial charge in [-0.2, -0.15) is 0 Å². The van der Waals surface area contributed by atoms with Gasteiger partial charge in [-0.15, -0.1) is 11.3 Å². The molecule has 1 unspecified atom stereocenters. The maximum atomic E-state index is 13.2. The molecule has 1 N–H and O–H groups in total. The van der Waals surface area contributed by atoms with E-state index in [1.54, 1.807) is 11.3 Å². The summed E-state index contributed by atoms with van der Waals surface area (Å²) in [6.45, 7) is 0.747. The van der Waals surface area contributed by atoms with Gasteiger partial charge in [-0.25, -0.2) is 14.4 Å². The van der Waals surface area contributed by atoms with E-state index in [9.17, 15) is 9.18 Å². The van der Waals surface area contributed by atoms with Crippen LogP contribution in [0.4, 0.5) is 15.9 Å². The molecule has 128 valence electrons. The first-order valence-electron chi connectivity index (χ1n) is 7.84. The average molecular weight is 377 g/mol. The van der Waals surface area contributed by atoms with Crippen LogP contribution in [-0.2, 0) is 4.79 Å². The summed E-state index contributed by atoms with van der Waals surface area (Å²) < 4.78 is 13.2. The summed E-state index contributed by atoms with van der Waals surface area (Å²) in [6, 6.07) is 5.55. The predicted molar refractivity (Wildman–Crippen MR) is 97.8 cm³/mol. The Balaban J connectivity index is 1.61. The molecule has 8 heteroatoms. The molecule has 1 atom stereocenters. The van der Waals surface area contributed by atoms with Crippen LogP contribution in [0.1, 0.15) is 12.8 Å². The van der Waals surface area contributed by atoms with Crippen LogP contribution in [0.2, 0.25) is 5.02 Å². The summed E-state index contributed by atoms with van der Waals surface area (Å²) in [4.78, 5) is 24.3. The van der Waals surface area contributed by atoms with Crippen LogP contribution < -0.4 is 10.2 Å². The summed E-state index contributed by atoms with van der Waals surface area (Å²) in [5.74, 6) is 0.161. The number of rotatable bonds is 3. The third-order valence-electron chi connectivity index (χ3n) is 4.26. The number of hydrogen-bond donors (Lipinski definition) is 1. The van der Waals surface area contributed by atoms with Crippen molar-refractivity contribution in [2.75, 3.05) is 16.8 Å². The van der Waals surface area contributed by atoms with Gasteiger partial charge < -0.3 is 10.2 Å². The molecule has 1 aliphatic rings. The Morgan fingerprint density at radius 2 is 2.24 bits per heavy atom. The molecule has 3 heterocycles. The third-order valence-corrected chi connectivity index (χ3v) is 5.39.